The molecule has 0 aromatic heterocycles. The Bertz CT molecular complexity index is 2120. The van der Waals surface area contributed by atoms with Gasteiger partial charge in [-0.2, -0.15) is 0 Å². The lowest BCUT2D eigenvalue weighted by Crippen LogP contribution is -2.28. The third-order valence-electron chi connectivity index (χ3n) is 9.15. The molecule has 1 heteroatoms. The maximum absolute atomic E-state index is 2.43. The predicted molar refractivity (Wildman–Crippen MR) is 176 cm³/mol. The molecule has 0 N–H and O–H groups in total. The molecular formula is C41H26S. The van der Waals surface area contributed by atoms with E-state index in [2.05, 4.69) is 158 Å². The van der Waals surface area contributed by atoms with Crippen molar-refractivity contribution >= 4 is 22.5 Å². The Labute approximate surface area is 250 Å². The predicted octanol–water partition coefficient (Wildman–Crippen LogP) is 11.0. The fraction of sp³-hybridized carbons (Fsp3) is 0.0244. The first-order valence-corrected chi connectivity index (χ1v) is 15.3. The quantitative estimate of drug-likeness (QED) is 0.211. The second kappa shape index (κ2) is 9.08. The maximum Gasteiger partial charge on any atom is 0.0713 e. The van der Waals surface area contributed by atoms with Gasteiger partial charge >= 0.3 is 0 Å². The van der Waals surface area contributed by atoms with E-state index < -0.39 is 0 Å². The second-order valence-corrected chi connectivity index (χ2v) is 12.3. The van der Waals surface area contributed by atoms with Crippen LogP contribution in [0.3, 0.4) is 0 Å². The Hall–Kier alpha value is -4.85. The van der Waals surface area contributed by atoms with Crippen LogP contribution in [0.1, 0.15) is 22.3 Å². The highest BCUT2D eigenvalue weighted by Gasteiger charge is 2.45. The fourth-order valence-electron chi connectivity index (χ4n) is 7.39. The van der Waals surface area contributed by atoms with Gasteiger partial charge in [-0.15, -0.1) is 0 Å². The van der Waals surface area contributed by atoms with Crippen LogP contribution in [-0.4, -0.2) is 0 Å². The van der Waals surface area contributed by atoms with Crippen molar-refractivity contribution in [3.63, 3.8) is 0 Å². The molecule has 7 aromatic carbocycles. The third-order valence-corrected chi connectivity index (χ3v) is 10.3. The molecule has 0 radical (unpaired) electrons. The molecule has 0 bridgehead atoms. The molecule has 0 atom stereocenters. The number of hydrogen-bond acceptors (Lipinski definition) is 1. The maximum atomic E-state index is 2.43. The van der Waals surface area contributed by atoms with E-state index in [9.17, 15) is 0 Å². The number of hydrogen-bond donors (Lipinski definition) is 0. The minimum Gasteiger partial charge on any atom is -0.0888 e. The molecule has 2 aliphatic rings. The average Bonchev–Trinajstić information content (AvgIpc) is 3.36. The van der Waals surface area contributed by atoms with Gasteiger partial charge in [0.25, 0.3) is 0 Å². The van der Waals surface area contributed by atoms with Crippen LogP contribution in [0.15, 0.2) is 168 Å². The van der Waals surface area contributed by atoms with Gasteiger partial charge in [0, 0.05) is 15.2 Å². The summed E-state index contributed by atoms with van der Waals surface area (Å²) in [4.78, 5) is 2.65. The lowest BCUT2D eigenvalue weighted by Gasteiger charge is -2.34. The topological polar surface area (TPSA) is 0 Å². The molecule has 196 valence electrons. The zero-order valence-corrected chi connectivity index (χ0v) is 23.7. The van der Waals surface area contributed by atoms with E-state index in [-0.39, 0.29) is 5.41 Å². The van der Waals surface area contributed by atoms with Crippen LogP contribution in [0.2, 0.25) is 0 Å². The van der Waals surface area contributed by atoms with Crippen LogP contribution < -0.4 is 0 Å². The zero-order chi connectivity index (χ0) is 27.7. The van der Waals surface area contributed by atoms with Crippen molar-refractivity contribution in [1.29, 1.82) is 0 Å². The van der Waals surface area contributed by atoms with Gasteiger partial charge in [-0.1, -0.05) is 151 Å². The van der Waals surface area contributed by atoms with Crippen molar-refractivity contribution in [2.45, 2.75) is 15.2 Å². The molecule has 9 rings (SSSR count). The van der Waals surface area contributed by atoms with E-state index in [1.54, 1.807) is 0 Å². The minimum absolute atomic E-state index is 0.387. The van der Waals surface area contributed by atoms with Crippen LogP contribution in [0.4, 0.5) is 0 Å². The Morgan fingerprint density at radius 2 is 1.00 bits per heavy atom. The third kappa shape index (κ3) is 3.26. The zero-order valence-electron chi connectivity index (χ0n) is 22.9. The second-order valence-electron chi connectivity index (χ2n) is 11.3. The minimum atomic E-state index is -0.387. The lowest BCUT2D eigenvalue weighted by molar-refractivity contribution is 0.769. The summed E-state index contributed by atoms with van der Waals surface area (Å²) < 4.78 is 0. The van der Waals surface area contributed by atoms with E-state index >= 15 is 0 Å². The SMILES string of the molecule is c1ccc(C2(c3cccc(-c4ccc5c(c4)Sc4cccc6cccc-5c46)c3)c3ccccc3-c3ccccc32)cc1. The Morgan fingerprint density at radius 1 is 0.381 bits per heavy atom. The van der Waals surface area contributed by atoms with E-state index in [4.69, 9.17) is 0 Å². The normalized spacial score (nSPS) is 13.8. The molecular weight excluding hydrogens is 525 g/mol. The van der Waals surface area contributed by atoms with Crippen molar-refractivity contribution in [2.24, 2.45) is 0 Å². The smallest absolute Gasteiger partial charge is 0.0713 e. The molecule has 7 aromatic rings. The average molecular weight is 551 g/mol. The first kappa shape index (κ1) is 23.8. The summed E-state index contributed by atoms with van der Waals surface area (Å²) in [5.74, 6) is 0. The highest BCUT2D eigenvalue weighted by Crippen LogP contribution is 2.56. The molecule has 0 amide bonds. The molecule has 0 fully saturated rings. The number of benzene rings is 7. The first-order chi connectivity index (χ1) is 20.8. The van der Waals surface area contributed by atoms with Crippen LogP contribution in [0.5, 0.6) is 0 Å². The van der Waals surface area contributed by atoms with Crippen molar-refractivity contribution in [3.05, 3.63) is 180 Å². The Balaban J connectivity index is 1.25. The molecule has 0 saturated heterocycles. The largest absolute Gasteiger partial charge is 0.0888 e. The molecule has 0 saturated carbocycles. The van der Waals surface area contributed by atoms with Crippen LogP contribution in [0.25, 0.3) is 44.2 Å². The van der Waals surface area contributed by atoms with E-state index in [1.165, 1.54) is 76.2 Å². The van der Waals surface area contributed by atoms with Crippen molar-refractivity contribution in [2.75, 3.05) is 0 Å². The van der Waals surface area contributed by atoms with Gasteiger partial charge in [-0.3, -0.25) is 0 Å². The molecule has 1 heterocycles. The first-order valence-electron chi connectivity index (χ1n) is 14.5. The van der Waals surface area contributed by atoms with Crippen molar-refractivity contribution < 1.29 is 0 Å². The van der Waals surface area contributed by atoms with Gasteiger partial charge in [-0.05, 0) is 79.2 Å². The number of rotatable bonds is 3. The van der Waals surface area contributed by atoms with Crippen LogP contribution in [0, 0.1) is 0 Å². The van der Waals surface area contributed by atoms with E-state index in [0.717, 1.165) is 0 Å². The molecule has 1 aliphatic heterocycles. The summed E-state index contributed by atoms with van der Waals surface area (Å²) in [6.45, 7) is 0. The Kier molecular flexibility index (Phi) is 5.15. The summed E-state index contributed by atoms with van der Waals surface area (Å²) in [6.07, 6.45) is 0. The molecule has 0 unspecified atom stereocenters. The van der Waals surface area contributed by atoms with Gasteiger partial charge in [0.1, 0.15) is 0 Å². The lowest BCUT2D eigenvalue weighted by atomic mass is 9.67. The Morgan fingerprint density at radius 3 is 1.79 bits per heavy atom. The number of fused-ring (bicyclic) bond motifs is 5. The molecule has 0 spiro atoms. The van der Waals surface area contributed by atoms with Crippen LogP contribution >= 0.6 is 11.8 Å². The van der Waals surface area contributed by atoms with E-state index in [1.807, 2.05) is 11.8 Å². The van der Waals surface area contributed by atoms with Crippen LogP contribution in [-0.2, 0) is 5.41 Å². The summed E-state index contributed by atoms with van der Waals surface area (Å²) in [6, 6.07) is 58.5. The van der Waals surface area contributed by atoms with Gasteiger partial charge in [0.2, 0.25) is 0 Å². The highest BCUT2D eigenvalue weighted by molar-refractivity contribution is 7.99. The molecule has 42 heavy (non-hydrogen) atoms. The van der Waals surface area contributed by atoms with E-state index in [0.29, 0.717) is 0 Å². The van der Waals surface area contributed by atoms with Gasteiger partial charge in [0.05, 0.1) is 5.41 Å². The van der Waals surface area contributed by atoms with Crippen molar-refractivity contribution in [3.8, 4) is 33.4 Å². The highest BCUT2D eigenvalue weighted by atomic mass is 32.2. The fourth-order valence-corrected chi connectivity index (χ4v) is 8.57. The summed E-state index contributed by atoms with van der Waals surface area (Å²) >= 11 is 1.89. The van der Waals surface area contributed by atoms with Crippen molar-refractivity contribution in [1.82, 2.24) is 0 Å². The summed E-state index contributed by atoms with van der Waals surface area (Å²) in [7, 11) is 0. The summed E-state index contributed by atoms with van der Waals surface area (Å²) in [5, 5.41) is 2.68. The van der Waals surface area contributed by atoms with Gasteiger partial charge in [-0.25, -0.2) is 0 Å². The summed E-state index contributed by atoms with van der Waals surface area (Å²) in [5.41, 5.74) is 12.7. The van der Waals surface area contributed by atoms with Gasteiger partial charge in [0.15, 0.2) is 0 Å². The van der Waals surface area contributed by atoms with Gasteiger partial charge < -0.3 is 0 Å². The molecule has 1 aliphatic carbocycles. The molecule has 0 nitrogen and oxygen atoms in total. The monoisotopic (exact) mass is 550 g/mol. The standard InChI is InChI=1S/C41H26S/c1-2-14-30(15-3-1)41(36-20-6-4-17-32(36)33-18-5-7-21-37(33)41)31-16-8-13-28(25-31)29-23-24-34-35-19-9-11-27-12-10-22-38(40(27)35)42-39(34)26-29/h1-26H.